The zero-order chi connectivity index (χ0) is 13.8. The van der Waals surface area contributed by atoms with Gasteiger partial charge in [-0.05, 0) is 26.4 Å². The van der Waals surface area contributed by atoms with Crippen molar-refractivity contribution >= 4 is 11.7 Å². The summed E-state index contributed by atoms with van der Waals surface area (Å²) in [6.45, 7) is 1.98. The predicted molar refractivity (Wildman–Crippen MR) is 72.5 cm³/mol. The van der Waals surface area contributed by atoms with Crippen molar-refractivity contribution in [3.63, 3.8) is 0 Å². The summed E-state index contributed by atoms with van der Waals surface area (Å²) in [4.78, 5) is 24.4. The number of nitrogen functional groups attached to an aromatic ring is 1. The van der Waals surface area contributed by atoms with E-state index in [0.29, 0.717) is 11.5 Å². The molecule has 1 aliphatic heterocycles. The van der Waals surface area contributed by atoms with E-state index < -0.39 is 0 Å². The highest BCUT2D eigenvalue weighted by Gasteiger charge is 2.26. The minimum Gasteiger partial charge on any atom is -0.336 e. The Morgan fingerprint density at radius 3 is 3.05 bits per heavy atom. The number of hydrogen-bond donors (Lipinski definition) is 2. The van der Waals surface area contributed by atoms with Crippen molar-refractivity contribution in [3.05, 3.63) is 18.1 Å². The molecule has 1 fully saturated rings. The monoisotopic (exact) mass is 264 g/mol. The number of nitrogens with two attached hydrogens (primary N) is 1. The molecule has 1 aliphatic rings. The Labute approximate surface area is 112 Å². The molecule has 19 heavy (non-hydrogen) atoms. The molecule has 1 aromatic heterocycles. The number of nitrogens with one attached hydrogen (secondary N) is 1. The van der Waals surface area contributed by atoms with Gasteiger partial charge in [-0.3, -0.25) is 9.78 Å². The summed E-state index contributed by atoms with van der Waals surface area (Å²) in [7, 11) is 3.89. The van der Waals surface area contributed by atoms with Crippen LogP contribution in [0.4, 0.5) is 5.82 Å². The quantitative estimate of drug-likeness (QED) is 0.587. The molecule has 0 radical (unpaired) electrons. The fourth-order valence-electron chi connectivity index (χ4n) is 2.34. The van der Waals surface area contributed by atoms with Gasteiger partial charge in [0.1, 0.15) is 5.69 Å². The molecular formula is C12H20N6O. The third-order valence-corrected chi connectivity index (χ3v) is 3.47. The summed E-state index contributed by atoms with van der Waals surface area (Å²) < 4.78 is 0. The van der Waals surface area contributed by atoms with Crippen molar-refractivity contribution in [1.82, 2.24) is 19.8 Å². The Morgan fingerprint density at radius 1 is 1.58 bits per heavy atom. The van der Waals surface area contributed by atoms with Crippen LogP contribution >= 0.6 is 0 Å². The van der Waals surface area contributed by atoms with Crippen LogP contribution in [0.25, 0.3) is 0 Å². The first-order chi connectivity index (χ1) is 9.11. The van der Waals surface area contributed by atoms with Gasteiger partial charge >= 0.3 is 0 Å². The fourth-order valence-corrected chi connectivity index (χ4v) is 2.34. The second kappa shape index (κ2) is 5.94. The Balaban J connectivity index is 2.09. The summed E-state index contributed by atoms with van der Waals surface area (Å²) in [6.07, 6.45) is 5.07. The number of amides is 1. The number of likely N-dealkylation sites (N-methyl/N-ethyl adjacent to an activating group) is 2. The van der Waals surface area contributed by atoms with E-state index in [9.17, 15) is 4.79 Å². The maximum Gasteiger partial charge on any atom is 0.274 e. The topological polar surface area (TPSA) is 87.4 Å². The van der Waals surface area contributed by atoms with Gasteiger partial charge in [0.25, 0.3) is 5.91 Å². The highest BCUT2D eigenvalue weighted by Crippen LogP contribution is 2.15. The SMILES string of the molecule is CN1CCCC(N(C)C(=O)c2cncc(NN)n2)C1. The summed E-state index contributed by atoms with van der Waals surface area (Å²) in [6, 6.07) is 0.225. The van der Waals surface area contributed by atoms with Gasteiger partial charge in [-0.15, -0.1) is 0 Å². The van der Waals surface area contributed by atoms with E-state index in [4.69, 9.17) is 5.84 Å². The zero-order valence-corrected chi connectivity index (χ0v) is 11.3. The summed E-state index contributed by atoms with van der Waals surface area (Å²) in [5.74, 6) is 5.54. The van der Waals surface area contributed by atoms with Crippen LogP contribution in [-0.2, 0) is 0 Å². The first-order valence-electron chi connectivity index (χ1n) is 6.36. The van der Waals surface area contributed by atoms with Crippen LogP contribution in [0, 0.1) is 0 Å². The number of piperidine rings is 1. The fraction of sp³-hybridized carbons (Fsp3) is 0.583. The minimum absolute atomic E-state index is 0.120. The Kier molecular flexibility index (Phi) is 4.28. The maximum absolute atomic E-state index is 12.4. The van der Waals surface area contributed by atoms with E-state index in [2.05, 4.69) is 27.3 Å². The summed E-state index contributed by atoms with van der Waals surface area (Å²) in [5.41, 5.74) is 2.71. The number of anilines is 1. The highest BCUT2D eigenvalue weighted by molar-refractivity contribution is 5.92. The van der Waals surface area contributed by atoms with Crippen LogP contribution in [0.5, 0.6) is 0 Å². The van der Waals surface area contributed by atoms with Gasteiger partial charge in [-0.1, -0.05) is 0 Å². The number of carbonyl (C=O) groups excluding carboxylic acids is 1. The van der Waals surface area contributed by atoms with Crippen molar-refractivity contribution < 1.29 is 4.79 Å². The standard InChI is InChI=1S/C12H20N6O/c1-17-5-3-4-9(8-17)18(2)12(19)10-6-14-7-11(15-10)16-13/h6-7,9H,3-5,8,13H2,1-2H3,(H,15,16). The van der Waals surface area contributed by atoms with Gasteiger partial charge in [-0.2, -0.15) is 0 Å². The maximum atomic E-state index is 12.4. The lowest BCUT2D eigenvalue weighted by molar-refractivity contribution is 0.0638. The molecule has 3 N–H and O–H groups in total. The number of nitrogens with zero attached hydrogens (tertiary/aromatic N) is 4. The minimum atomic E-state index is -0.120. The van der Waals surface area contributed by atoms with Gasteiger partial charge in [0.15, 0.2) is 5.82 Å². The highest BCUT2D eigenvalue weighted by atomic mass is 16.2. The number of hydrazine groups is 1. The third kappa shape index (κ3) is 3.18. The zero-order valence-electron chi connectivity index (χ0n) is 11.3. The molecule has 1 saturated heterocycles. The van der Waals surface area contributed by atoms with Crippen LogP contribution in [-0.4, -0.2) is 58.9 Å². The van der Waals surface area contributed by atoms with Gasteiger partial charge in [0.05, 0.1) is 12.4 Å². The molecule has 2 heterocycles. The van der Waals surface area contributed by atoms with Crippen LogP contribution in [0.3, 0.4) is 0 Å². The Morgan fingerprint density at radius 2 is 2.37 bits per heavy atom. The Bertz CT molecular complexity index is 452. The van der Waals surface area contributed by atoms with E-state index in [1.807, 2.05) is 7.05 Å². The molecular weight excluding hydrogens is 244 g/mol. The second-order valence-corrected chi connectivity index (χ2v) is 4.91. The van der Waals surface area contributed by atoms with Crippen molar-refractivity contribution in [1.29, 1.82) is 0 Å². The second-order valence-electron chi connectivity index (χ2n) is 4.91. The molecule has 0 saturated carbocycles. The van der Waals surface area contributed by atoms with Crippen LogP contribution in [0.15, 0.2) is 12.4 Å². The van der Waals surface area contributed by atoms with Crippen LogP contribution in [0.1, 0.15) is 23.3 Å². The molecule has 1 aromatic rings. The first-order valence-corrected chi connectivity index (χ1v) is 6.36. The third-order valence-electron chi connectivity index (χ3n) is 3.47. The molecule has 104 valence electrons. The number of hydrogen-bond acceptors (Lipinski definition) is 6. The van der Waals surface area contributed by atoms with Crippen LogP contribution < -0.4 is 11.3 Å². The largest absolute Gasteiger partial charge is 0.336 e. The van der Waals surface area contributed by atoms with E-state index in [1.54, 1.807) is 4.90 Å². The number of aromatic nitrogens is 2. The van der Waals surface area contributed by atoms with Crippen molar-refractivity contribution in [2.45, 2.75) is 18.9 Å². The first kappa shape index (κ1) is 13.7. The summed E-state index contributed by atoms with van der Waals surface area (Å²) in [5, 5.41) is 0. The molecule has 0 bridgehead atoms. The van der Waals surface area contributed by atoms with Crippen LogP contribution in [0.2, 0.25) is 0 Å². The molecule has 7 nitrogen and oxygen atoms in total. The van der Waals surface area contributed by atoms with Gasteiger partial charge in [0.2, 0.25) is 0 Å². The van der Waals surface area contributed by atoms with Gasteiger partial charge in [-0.25, -0.2) is 10.8 Å². The lowest BCUT2D eigenvalue weighted by Gasteiger charge is -2.35. The molecule has 0 spiro atoms. The molecule has 2 rings (SSSR count). The van der Waals surface area contributed by atoms with Crippen molar-refractivity contribution in [3.8, 4) is 0 Å². The van der Waals surface area contributed by atoms with Crippen molar-refractivity contribution in [2.75, 3.05) is 32.6 Å². The Hall–Kier alpha value is -1.73. The number of rotatable bonds is 3. The smallest absolute Gasteiger partial charge is 0.274 e. The molecule has 0 aliphatic carbocycles. The molecule has 1 atom stereocenters. The average molecular weight is 264 g/mol. The van der Waals surface area contributed by atoms with E-state index in [-0.39, 0.29) is 11.9 Å². The number of likely N-dealkylation sites (tertiary alicyclic amines) is 1. The normalized spacial score (nSPS) is 20.1. The average Bonchev–Trinajstić information content (AvgIpc) is 2.45. The van der Waals surface area contributed by atoms with E-state index >= 15 is 0 Å². The molecule has 1 amide bonds. The lowest BCUT2D eigenvalue weighted by atomic mass is 10.0. The molecule has 0 aromatic carbocycles. The van der Waals surface area contributed by atoms with Gasteiger partial charge in [0, 0.05) is 19.6 Å². The predicted octanol–water partition coefficient (Wildman–Crippen LogP) is -0.0716. The van der Waals surface area contributed by atoms with Gasteiger partial charge < -0.3 is 15.2 Å². The molecule has 7 heteroatoms. The lowest BCUT2D eigenvalue weighted by Crippen LogP contribution is -2.47. The van der Waals surface area contributed by atoms with E-state index in [1.165, 1.54) is 12.4 Å². The van der Waals surface area contributed by atoms with E-state index in [0.717, 1.165) is 25.9 Å². The number of carbonyl (C=O) groups is 1. The van der Waals surface area contributed by atoms with Crippen molar-refractivity contribution in [2.24, 2.45) is 5.84 Å². The summed E-state index contributed by atoms with van der Waals surface area (Å²) >= 11 is 0. The molecule has 1 unspecified atom stereocenters.